The Hall–Kier alpha value is -0.580. The number of hydrogen-bond donors (Lipinski definition) is 2. The van der Waals surface area contributed by atoms with Crippen LogP contribution in [0, 0.1) is 0 Å². The van der Waals surface area contributed by atoms with E-state index in [-0.39, 0.29) is 0 Å². The Kier molecular flexibility index (Phi) is 4.02. The molecule has 0 saturated heterocycles. The highest BCUT2D eigenvalue weighted by molar-refractivity contribution is 4.98. The van der Waals surface area contributed by atoms with E-state index in [1.165, 1.54) is 0 Å². The quantitative estimate of drug-likeness (QED) is 0.414. The van der Waals surface area contributed by atoms with Gasteiger partial charge in [-0.3, -0.25) is 5.84 Å². The number of nitrogens with zero attached hydrogens (tertiary/aromatic N) is 2. The van der Waals surface area contributed by atoms with Gasteiger partial charge in [-0.2, -0.15) is 0 Å². The second-order valence-corrected chi connectivity index (χ2v) is 2.31. The highest BCUT2D eigenvalue weighted by atomic mass is 15.4. The molecule has 0 radical (unpaired) electrons. The molecule has 0 heterocycles. The van der Waals surface area contributed by atoms with Gasteiger partial charge in [0.2, 0.25) is 0 Å². The third kappa shape index (κ3) is 3.45. The maximum Gasteiger partial charge on any atom is 0.0536 e. The number of likely N-dealkylation sites (N-methyl/N-ethyl adjacent to an activating group) is 2. The summed E-state index contributed by atoms with van der Waals surface area (Å²) in [6.45, 7) is 2.60. The van der Waals surface area contributed by atoms with Crippen molar-refractivity contribution in [2.24, 2.45) is 11.7 Å². The van der Waals surface area contributed by atoms with Gasteiger partial charge >= 0.3 is 0 Å². The fourth-order valence-electron chi connectivity index (χ4n) is 0.662. The second kappa shape index (κ2) is 4.27. The minimum Gasteiger partial charge on any atom is -0.317 e. The lowest BCUT2D eigenvalue weighted by Crippen LogP contribution is -2.36. The number of nitrogens with two attached hydrogens (primary N) is 2. The number of allylic oxidation sites excluding steroid dienone is 1. The summed E-state index contributed by atoms with van der Waals surface area (Å²) in [6.07, 6.45) is 1.93. The van der Waals surface area contributed by atoms with Crippen LogP contribution in [0.1, 0.15) is 6.92 Å². The highest BCUT2D eigenvalue weighted by Gasteiger charge is 1.99. The molecule has 0 aliphatic rings. The van der Waals surface area contributed by atoms with Gasteiger partial charge in [0.05, 0.1) is 6.54 Å². The molecule has 60 valence electrons. The van der Waals surface area contributed by atoms with Crippen LogP contribution in [-0.2, 0) is 0 Å². The van der Waals surface area contributed by atoms with Crippen LogP contribution in [0.5, 0.6) is 0 Å². The van der Waals surface area contributed by atoms with Crippen molar-refractivity contribution in [3.05, 3.63) is 11.8 Å². The van der Waals surface area contributed by atoms with Gasteiger partial charge in [0.15, 0.2) is 0 Å². The molecule has 0 amide bonds. The highest BCUT2D eigenvalue weighted by Crippen LogP contribution is 1.94. The van der Waals surface area contributed by atoms with Crippen molar-refractivity contribution in [1.29, 1.82) is 0 Å². The van der Waals surface area contributed by atoms with E-state index in [1.807, 2.05) is 13.0 Å². The van der Waals surface area contributed by atoms with E-state index in [2.05, 4.69) is 0 Å². The van der Waals surface area contributed by atoms with Gasteiger partial charge in [-0.1, -0.05) is 6.08 Å². The largest absolute Gasteiger partial charge is 0.317 e. The Labute approximate surface area is 62.0 Å². The SMILES string of the molecule is C/C=C(/CN(C)N)N(C)N. The van der Waals surface area contributed by atoms with E-state index in [1.54, 1.807) is 24.1 Å². The summed E-state index contributed by atoms with van der Waals surface area (Å²) >= 11 is 0. The maximum atomic E-state index is 5.48. The number of hydrazine groups is 2. The van der Waals surface area contributed by atoms with Gasteiger partial charge in [0, 0.05) is 19.8 Å². The Balaban J connectivity index is 3.86. The monoisotopic (exact) mass is 144 g/mol. The van der Waals surface area contributed by atoms with Gasteiger partial charge in [-0.05, 0) is 6.92 Å². The molecule has 0 aliphatic heterocycles. The molecule has 4 N–H and O–H groups in total. The van der Waals surface area contributed by atoms with Crippen molar-refractivity contribution in [2.45, 2.75) is 6.92 Å². The van der Waals surface area contributed by atoms with E-state index in [0.717, 1.165) is 5.70 Å². The molecule has 0 atom stereocenters. The predicted molar refractivity (Wildman–Crippen MR) is 42.5 cm³/mol. The third-order valence-corrected chi connectivity index (χ3v) is 1.20. The lowest BCUT2D eigenvalue weighted by Gasteiger charge is -2.19. The van der Waals surface area contributed by atoms with Gasteiger partial charge in [-0.25, -0.2) is 10.9 Å². The molecule has 0 aliphatic carbocycles. The summed E-state index contributed by atoms with van der Waals surface area (Å²) in [7, 11) is 3.59. The van der Waals surface area contributed by atoms with E-state index >= 15 is 0 Å². The molecule has 0 saturated carbocycles. The van der Waals surface area contributed by atoms with Gasteiger partial charge in [-0.15, -0.1) is 0 Å². The van der Waals surface area contributed by atoms with E-state index in [0.29, 0.717) is 6.54 Å². The van der Waals surface area contributed by atoms with Crippen molar-refractivity contribution in [3.8, 4) is 0 Å². The smallest absolute Gasteiger partial charge is 0.0536 e. The summed E-state index contributed by atoms with van der Waals surface area (Å²) in [4.78, 5) is 0. The van der Waals surface area contributed by atoms with E-state index in [4.69, 9.17) is 11.7 Å². The van der Waals surface area contributed by atoms with Crippen molar-refractivity contribution in [3.63, 3.8) is 0 Å². The van der Waals surface area contributed by atoms with Crippen molar-refractivity contribution >= 4 is 0 Å². The van der Waals surface area contributed by atoms with Crippen LogP contribution in [0.2, 0.25) is 0 Å². The molecule has 0 unspecified atom stereocenters. The zero-order valence-corrected chi connectivity index (χ0v) is 6.83. The lowest BCUT2D eigenvalue weighted by atomic mass is 10.4. The van der Waals surface area contributed by atoms with Crippen LogP contribution in [0.25, 0.3) is 0 Å². The Morgan fingerprint density at radius 3 is 2.00 bits per heavy atom. The van der Waals surface area contributed by atoms with Gasteiger partial charge < -0.3 is 5.01 Å². The number of hydrogen-bond acceptors (Lipinski definition) is 4. The molecule has 0 aromatic heterocycles. The fraction of sp³-hybridized carbons (Fsp3) is 0.667. The van der Waals surface area contributed by atoms with Crippen molar-refractivity contribution in [2.75, 3.05) is 20.6 Å². The zero-order chi connectivity index (χ0) is 8.15. The van der Waals surface area contributed by atoms with Crippen molar-refractivity contribution < 1.29 is 0 Å². The van der Waals surface area contributed by atoms with E-state index < -0.39 is 0 Å². The van der Waals surface area contributed by atoms with Crippen LogP contribution >= 0.6 is 0 Å². The summed E-state index contributed by atoms with van der Waals surface area (Å²) in [5, 5.41) is 3.14. The van der Waals surface area contributed by atoms with Crippen LogP contribution in [-0.4, -0.2) is 30.7 Å². The predicted octanol–water partition coefficient (Wildman–Crippen LogP) is -0.499. The summed E-state index contributed by atoms with van der Waals surface area (Å²) in [5.41, 5.74) is 1.00. The Bertz CT molecular complexity index is 117. The summed E-state index contributed by atoms with van der Waals surface area (Å²) in [5.74, 6) is 10.9. The maximum absolute atomic E-state index is 5.48. The summed E-state index contributed by atoms with van der Waals surface area (Å²) in [6, 6.07) is 0. The Morgan fingerprint density at radius 1 is 1.40 bits per heavy atom. The molecule has 4 nitrogen and oxygen atoms in total. The molecule has 10 heavy (non-hydrogen) atoms. The van der Waals surface area contributed by atoms with Crippen LogP contribution in [0.3, 0.4) is 0 Å². The minimum absolute atomic E-state index is 0.670. The van der Waals surface area contributed by atoms with Crippen LogP contribution in [0.4, 0.5) is 0 Å². The molecule has 0 fully saturated rings. The standard InChI is InChI=1S/C6H16N4/c1-4-6(10(3)8)5-9(2)7/h4H,5,7-8H2,1-3H3/b6-4-. The molecule has 0 aromatic carbocycles. The average Bonchev–Trinajstić information content (AvgIpc) is 1.81. The normalized spacial score (nSPS) is 12.4. The first-order valence-corrected chi connectivity index (χ1v) is 3.17. The molecular formula is C6H16N4. The molecule has 0 aromatic rings. The van der Waals surface area contributed by atoms with Gasteiger partial charge in [0.25, 0.3) is 0 Å². The van der Waals surface area contributed by atoms with Gasteiger partial charge in [0.1, 0.15) is 0 Å². The first-order valence-electron chi connectivity index (χ1n) is 3.17. The fourth-order valence-corrected chi connectivity index (χ4v) is 0.662. The average molecular weight is 144 g/mol. The molecule has 0 spiro atoms. The molecule has 4 heteroatoms. The molecular weight excluding hydrogens is 128 g/mol. The molecule has 0 bridgehead atoms. The summed E-state index contributed by atoms with van der Waals surface area (Å²) < 4.78 is 0. The van der Waals surface area contributed by atoms with E-state index in [9.17, 15) is 0 Å². The lowest BCUT2D eigenvalue weighted by molar-refractivity contribution is 0.320. The van der Waals surface area contributed by atoms with Crippen molar-refractivity contribution in [1.82, 2.24) is 10.0 Å². The topological polar surface area (TPSA) is 58.5 Å². The minimum atomic E-state index is 0.670. The van der Waals surface area contributed by atoms with Crippen LogP contribution in [0.15, 0.2) is 11.8 Å². The second-order valence-electron chi connectivity index (χ2n) is 2.31. The Morgan fingerprint density at radius 2 is 1.90 bits per heavy atom. The first kappa shape index (κ1) is 9.42. The first-order chi connectivity index (χ1) is 4.57. The molecule has 0 rings (SSSR count). The zero-order valence-electron chi connectivity index (χ0n) is 6.83. The van der Waals surface area contributed by atoms with Crippen LogP contribution < -0.4 is 11.7 Å². The third-order valence-electron chi connectivity index (χ3n) is 1.20. The number of rotatable bonds is 3.